The molecule has 6 N–H and O–H groups in total. The predicted octanol–water partition coefficient (Wildman–Crippen LogP) is 6.73. The van der Waals surface area contributed by atoms with Gasteiger partial charge in [-0.2, -0.15) is 0 Å². The number of benzene rings is 2. The summed E-state index contributed by atoms with van der Waals surface area (Å²) in [6, 6.07) is 13.2. The van der Waals surface area contributed by atoms with Crippen LogP contribution < -0.4 is 22.1 Å². The van der Waals surface area contributed by atoms with Gasteiger partial charge in [0.1, 0.15) is 12.1 Å². The molecule has 5 nitrogen and oxygen atoms in total. The molecule has 0 heterocycles. The lowest BCUT2D eigenvalue weighted by molar-refractivity contribution is 0.112. The molecule has 0 saturated heterocycles. The van der Waals surface area contributed by atoms with E-state index in [0.717, 1.165) is 5.57 Å². The third-order valence-electron chi connectivity index (χ3n) is 5.86. The van der Waals surface area contributed by atoms with Gasteiger partial charge >= 0.3 is 0 Å². The third-order valence-corrected chi connectivity index (χ3v) is 5.86. The van der Waals surface area contributed by atoms with E-state index < -0.39 is 0 Å². The number of nitrogens with two attached hydrogens (primary N) is 2. The van der Waals surface area contributed by atoms with Crippen molar-refractivity contribution in [3.8, 4) is 0 Å². The minimum absolute atomic E-state index is 0.319. The number of halogens is 1. The molecule has 0 radical (unpaired) electrons. The second-order valence-corrected chi connectivity index (χ2v) is 8.29. The van der Waals surface area contributed by atoms with Gasteiger partial charge in [-0.05, 0) is 115 Å². The lowest BCUT2D eigenvalue weighted by atomic mass is 9.90. The van der Waals surface area contributed by atoms with Crippen LogP contribution in [-0.4, -0.2) is 39.5 Å². The standard InChI is InChI=1S/C20H30N2.C7H5FO.C2H6.2CH5N/c1-14(2)16(4)13-19-15(3)7-6-8-20(19)22-18-11-9-17(21-5)10-12-18;8-7-3-1-6(5-9)2-4-7;3*1-2/h6-8,13,17-18,21-22H,1,9-12H2,2-5H3;1-5H;1-2H3;2*2H2,1H3/b16-13+;;;;. The minimum Gasteiger partial charge on any atom is -0.382 e. The molecule has 0 aliphatic heterocycles. The maximum Gasteiger partial charge on any atom is 0.150 e. The zero-order valence-corrected chi connectivity index (χ0v) is 24.3. The summed E-state index contributed by atoms with van der Waals surface area (Å²) in [7, 11) is 5.07. The highest BCUT2D eigenvalue weighted by Crippen LogP contribution is 2.28. The normalized spacial score (nSPS) is 16.0. The molecule has 0 amide bonds. The first-order valence-corrected chi connectivity index (χ1v) is 13.1. The zero-order valence-electron chi connectivity index (χ0n) is 24.3. The predicted molar refractivity (Wildman–Crippen MR) is 162 cm³/mol. The largest absolute Gasteiger partial charge is 0.382 e. The Labute approximate surface area is 225 Å². The molecule has 2 aromatic carbocycles. The Kier molecular flexibility index (Phi) is 22.0. The summed E-state index contributed by atoms with van der Waals surface area (Å²) in [5.41, 5.74) is 15.7. The van der Waals surface area contributed by atoms with Gasteiger partial charge in [0, 0.05) is 28.9 Å². The molecule has 0 unspecified atom stereocenters. The summed E-state index contributed by atoms with van der Waals surface area (Å²) in [5, 5.41) is 7.18. The highest BCUT2D eigenvalue weighted by Gasteiger charge is 2.20. The van der Waals surface area contributed by atoms with Crippen molar-refractivity contribution in [2.24, 2.45) is 11.5 Å². The van der Waals surface area contributed by atoms with Crippen LogP contribution in [0.1, 0.15) is 74.9 Å². The van der Waals surface area contributed by atoms with Crippen molar-refractivity contribution in [3.63, 3.8) is 0 Å². The van der Waals surface area contributed by atoms with E-state index in [1.165, 1.54) is 86.4 Å². The summed E-state index contributed by atoms with van der Waals surface area (Å²) < 4.78 is 12.1. The van der Waals surface area contributed by atoms with E-state index in [1.807, 2.05) is 13.8 Å². The number of hydrogen-bond donors (Lipinski definition) is 4. The third kappa shape index (κ3) is 14.5. The average molecular weight is 515 g/mol. The maximum atomic E-state index is 12.1. The van der Waals surface area contributed by atoms with E-state index in [0.29, 0.717) is 23.9 Å². The van der Waals surface area contributed by atoms with Crippen LogP contribution >= 0.6 is 0 Å². The summed E-state index contributed by atoms with van der Waals surface area (Å²) in [5.74, 6) is -0.319. The second kappa shape index (κ2) is 22.4. The van der Waals surface area contributed by atoms with Crippen molar-refractivity contribution in [2.75, 3.05) is 26.5 Å². The molecule has 37 heavy (non-hydrogen) atoms. The summed E-state index contributed by atoms with van der Waals surface area (Å²) in [6.07, 6.45) is 7.94. The lowest BCUT2D eigenvalue weighted by Gasteiger charge is -2.30. The molecule has 0 aromatic heterocycles. The van der Waals surface area contributed by atoms with Crippen molar-refractivity contribution in [3.05, 3.63) is 82.7 Å². The molecular weight excluding hydrogens is 463 g/mol. The van der Waals surface area contributed by atoms with Crippen LogP contribution in [-0.2, 0) is 0 Å². The van der Waals surface area contributed by atoms with Gasteiger partial charge in [0.05, 0.1) is 0 Å². The Morgan fingerprint density at radius 2 is 1.46 bits per heavy atom. The van der Waals surface area contributed by atoms with Crippen LogP contribution in [0.4, 0.5) is 10.1 Å². The van der Waals surface area contributed by atoms with Crippen LogP contribution in [0.25, 0.3) is 6.08 Å². The molecule has 1 fully saturated rings. The lowest BCUT2D eigenvalue weighted by Crippen LogP contribution is -2.35. The van der Waals surface area contributed by atoms with Crippen LogP contribution in [0.15, 0.2) is 60.2 Å². The number of hydrogen-bond acceptors (Lipinski definition) is 5. The fourth-order valence-corrected chi connectivity index (χ4v) is 3.63. The van der Waals surface area contributed by atoms with Crippen molar-refractivity contribution < 1.29 is 9.18 Å². The first-order chi connectivity index (χ1) is 17.8. The molecule has 0 bridgehead atoms. The fraction of sp³-hybridized carbons (Fsp3) is 0.452. The molecule has 1 aliphatic rings. The molecule has 1 aliphatic carbocycles. The van der Waals surface area contributed by atoms with Gasteiger partial charge in [-0.3, -0.25) is 4.79 Å². The van der Waals surface area contributed by atoms with E-state index in [1.54, 1.807) is 0 Å². The molecule has 1 saturated carbocycles. The number of allylic oxidation sites excluding steroid dienone is 2. The Morgan fingerprint density at radius 3 is 1.92 bits per heavy atom. The Hall–Kier alpha value is -2.80. The fourth-order valence-electron chi connectivity index (χ4n) is 3.63. The Balaban J connectivity index is 0. The minimum atomic E-state index is -0.319. The van der Waals surface area contributed by atoms with Gasteiger partial charge in [-0.15, -0.1) is 0 Å². The number of nitrogens with one attached hydrogen (secondary N) is 2. The van der Waals surface area contributed by atoms with Crippen molar-refractivity contribution in [1.82, 2.24) is 5.32 Å². The maximum absolute atomic E-state index is 12.1. The van der Waals surface area contributed by atoms with Crippen LogP contribution in [0.3, 0.4) is 0 Å². The van der Waals surface area contributed by atoms with E-state index in [9.17, 15) is 9.18 Å². The SMILES string of the molecule is C=C(C)/C(C)=C/c1c(C)cccc1NC1CCC(NC)CC1.CC.CN.CN.O=Cc1ccc(F)cc1. The highest BCUT2D eigenvalue weighted by molar-refractivity contribution is 5.74. The zero-order chi connectivity index (χ0) is 28.8. The van der Waals surface area contributed by atoms with E-state index >= 15 is 0 Å². The molecule has 0 spiro atoms. The van der Waals surface area contributed by atoms with Gasteiger partial charge in [0.15, 0.2) is 0 Å². The van der Waals surface area contributed by atoms with Gasteiger partial charge in [0.2, 0.25) is 0 Å². The smallest absolute Gasteiger partial charge is 0.150 e. The molecule has 0 atom stereocenters. The highest BCUT2D eigenvalue weighted by atomic mass is 19.1. The monoisotopic (exact) mass is 514 g/mol. The van der Waals surface area contributed by atoms with Crippen molar-refractivity contribution >= 4 is 18.0 Å². The number of anilines is 1. The number of aryl methyl sites for hydroxylation is 1. The van der Waals surface area contributed by atoms with Gasteiger partial charge in [0.25, 0.3) is 0 Å². The molecule has 208 valence electrons. The Morgan fingerprint density at radius 1 is 0.946 bits per heavy atom. The number of carbonyl (C=O) groups is 1. The van der Waals surface area contributed by atoms with Crippen LogP contribution in [0.5, 0.6) is 0 Å². The number of aldehydes is 1. The summed E-state index contributed by atoms with van der Waals surface area (Å²) in [4.78, 5) is 10.00. The summed E-state index contributed by atoms with van der Waals surface area (Å²) >= 11 is 0. The van der Waals surface area contributed by atoms with Gasteiger partial charge in [-0.25, -0.2) is 4.39 Å². The Bertz CT molecular complexity index is 902. The first-order valence-electron chi connectivity index (χ1n) is 13.1. The van der Waals surface area contributed by atoms with Crippen LogP contribution in [0, 0.1) is 12.7 Å². The van der Waals surface area contributed by atoms with E-state index in [4.69, 9.17) is 0 Å². The number of carbonyl (C=O) groups excluding carboxylic acids is 1. The second-order valence-electron chi connectivity index (χ2n) is 8.29. The first kappa shape index (κ1) is 36.4. The van der Waals surface area contributed by atoms with Crippen molar-refractivity contribution in [2.45, 2.75) is 72.4 Å². The quantitative estimate of drug-likeness (QED) is 0.253. The molecule has 3 rings (SSSR count). The average Bonchev–Trinajstić information content (AvgIpc) is 2.95. The molecule has 6 heteroatoms. The number of rotatable bonds is 6. The van der Waals surface area contributed by atoms with Gasteiger partial charge in [-0.1, -0.05) is 38.1 Å². The van der Waals surface area contributed by atoms with E-state index in [2.05, 4.69) is 80.8 Å². The van der Waals surface area contributed by atoms with Gasteiger partial charge < -0.3 is 22.1 Å². The van der Waals surface area contributed by atoms with E-state index in [-0.39, 0.29) is 5.82 Å². The van der Waals surface area contributed by atoms with Crippen molar-refractivity contribution in [1.29, 1.82) is 0 Å². The topological polar surface area (TPSA) is 93.2 Å². The van der Waals surface area contributed by atoms with Crippen LogP contribution in [0.2, 0.25) is 0 Å². The molecule has 2 aromatic rings. The molecular formula is C31H51FN4O. The summed E-state index contributed by atoms with van der Waals surface area (Å²) in [6.45, 7) is 14.4.